The van der Waals surface area contributed by atoms with Crippen LogP contribution in [0.2, 0.25) is 0 Å². The maximum absolute atomic E-state index is 14.2. The number of allylic oxidation sites excluding steroid dienone is 1. The highest BCUT2D eigenvalue weighted by atomic mass is 32.2. The van der Waals surface area contributed by atoms with Crippen LogP contribution in [-0.4, -0.2) is 122 Å². The fourth-order valence-corrected chi connectivity index (χ4v) is 13.8. The van der Waals surface area contributed by atoms with Crippen LogP contribution in [0.1, 0.15) is 75.6 Å². The number of benzene rings is 3. The fraction of sp³-hybridized carbons (Fsp3) is 0.562. The van der Waals surface area contributed by atoms with Crippen molar-refractivity contribution in [1.82, 2.24) is 14.5 Å². The van der Waals surface area contributed by atoms with Gasteiger partial charge in [0.25, 0.3) is 25.8 Å². The molecule has 9 rings (SSSR count). The number of alkyl halides is 6. The van der Waals surface area contributed by atoms with E-state index >= 15 is 0 Å². The average molecular weight is 1010 g/mol. The number of nitrogens with zero attached hydrogens (tertiary/aromatic N) is 3. The van der Waals surface area contributed by atoms with Crippen molar-refractivity contribution in [2.75, 3.05) is 81.5 Å². The van der Waals surface area contributed by atoms with Crippen molar-refractivity contribution in [3.8, 4) is 0 Å². The van der Waals surface area contributed by atoms with Gasteiger partial charge in [-0.05, 0) is 123 Å². The van der Waals surface area contributed by atoms with Crippen LogP contribution in [0, 0.1) is 16.2 Å². The lowest BCUT2D eigenvalue weighted by molar-refractivity contribution is -0.353. The third-order valence-electron chi connectivity index (χ3n) is 14.5. The zero-order valence-corrected chi connectivity index (χ0v) is 40.7. The number of sulfonamides is 1. The molecule has 2 saturated heterocycles. The van der Waals surface area contributed by atoms with Gasteiger partial charge in [0.05, 0.1) is 29.2 Å². The predicted molar refractivity (Wildman–Crippen MR) is 250 cm³/mol. The zero-order chi connectivity index (χ0) is 48.8. The first-order chi connectivity index (χ1) is 32.0. The van der Waals surface area contributed by atoms with Crippen molar-refractivity contribution in [3.63, 3.8) is 0 Å². The Kier molecular flexibility index (Phi) is 14.4. The molecule has 1 atom stereocenters. The molecule has 4 aliphatic carbocycles. The highest BCUT2D eigenvalue weighted by Crippen LogP contribution is 2.82. The van der Waals surface area contributed by atoms with E-state index in [0.29, 0.717) is 77.1 Å². The Morgan fingerprint density at radius 1 is 0.838 bits per heavy atom. The average Bonchev–Trinajstić information content (AvgIpc) is 3.25. The molecule has 6 aliphatic rings. The van der Waals surface area contributed by atoms with Gasteiger partial charge in [0.15, 0.2) is 0 Å². The number of amides is 1. The molecular weight excluding hydrogens is 953 g/mol. The van der Waals surface area contributed by atoms with Gasteiger partial charge >= 0.3 is 11.7 Å². The number of ether oxygens (including phenoxy) is 1. The molecule has 2 heterocycles. The van der Waals surface area contributed by atoms with Crippen molar-refractivity contribution in [1.29, 1.82) is 0 Å². The number of sulfone groups is 1. The van der Waals surface area contributed by atoms with Crippen LogP contribution in [0.5, 0.6) is 0 Å². The molecule has 1 amide bonds. The molecule has 11 nitrogen and oxygen atoms in total. The quantitative estimate of drug-likeness (QED) is 0.0764. The number of rotatable bonds is 17. The summed E-state index contributed by atoms with van der Waals surface area (Å²) in [5, 5.41) is 2.99. The molecular formula is C48H59F6N5O6S3. The van der Waals surface area contributed by atoms with Gasteiger partial charge in [0.1, 0.15) is 4.90 Å². The number of nitrogens with one attached hydrogen (secondary N) is 2. The minimum absolute atomic E-state index is 0.0477. The Hall–Kier alpha value is -3.82. The molecule has 68 heavy (non-hydrogen) atoms. The highest BCUT2D eigenvalue weighted by Gasteiger charge is 2.79. The molecule has 2 aliphatic heterocycles. The molecule has 20 heteroatoms. The molecule has 3 aromatic carbocycles. The van der Waals surface area contributed by atoms with Gasteiger partial charge in [-0.2, -0.15) is 26.3 Å². The van der Waals surface area contributed by atoms with Gasteiger partial charge in [0.2, 0.25) is 0 Å². The van der Waals surface area contributed by atoms with Crippen LogP contribution in [0.25, 0.3) is 0 Å². The smallest absolute Gasteiger partial charge is 0.380 e. The Morgan fingerprint density at radius 2 is 1.50 bits per heavy atom. The van der Waals surface area contributed by atoms with Gasteiger partial charge in [-0.3, -0.25) is 14.6 Å². The first-order valence-corrected chi connectivity index (χ1v) is 27.1. The Balaban J connectivity index is 0.913. The first-order valence-electron chi connectivity index (χ1n) is 23.1. The predicted octanol–water partition coefficient (Wildman–Crippen LogP) is 9.15. The van der Waals surface area contributed by atoms with E-state index < -0.39 is 64.4 Å². The zero-order valence-electron chi connectivity index (χ0n) is 38.2. The van der Waals surface area contributed by atoms with E-state index in [4.69, 9.17) is 4.74 Å². The normalized spacial score (nSPS) is 24.2. The minimum atomic E-state index is -6.08. The summed E-state index contributed by atoms with van der Waals surface area (Å²) in [4.78, 5) is 18.8. The molecule has 372 valence electrons. The van der Waals surface area contributed by atoms with Crippen LogP contribution in [0.3, 0.4) is 0 Å². The topological polar surface area (TPSA) is 128 Å². The number of piperazine rings is 1. The molecule has 0 aromatic heterocycles. The molecule has 2 bridgehead atoms. The number of hydrogen-bond acceptors (Lipinski definition) is 11. The molecule has 0 unspecified atom stereocenters. The van der Waals surface area contributed by atoms with Gasteiger partial charge < -0.3 is 15.0 Å². The molecule has 5 fully saturated rings. The van der Waals surface area contributed by atoms with E-state index in [0.717, 1.165) is 55.1 Å². The summed E-state index contributed by atoms with van der Waals surface area (Å²) in [5.41, 5.74) is -4.62. The Morgan fingerprint density at radius 3 is 2.13 bits per heavy atom. The third kappa shape index (κ3) is 10.9. The number of thioether (sulfide) groups is 1. The van der Waals surface area contributed by atoms with Gasteiger partial charge in [-0.15, -0.1) is 11.8 Å². The first kappa shape index (κ1) is 50.6. The van der Waals surface area contributed by atoms with Crippen LogP contribution in [-0.2, 0) is 24.6 Å². The molecule has 3 saturated carbocycles. The Labute approximate surface area is 399 Å². The van der Waals surface area contributed by atoms with Crippen molar-refractivity contribution < 1.29 is 52.7 Å². The van der Waals surface area contributed by atoms with Crippen molar-refractivity contribution in [3.05, 3.63) is 89.5 Å². The minimum Gasteiger partial charge on any atom is -0.380 e. The van der Waals surface area contributed by atoms with Crippen molar-refractivity contribution in [2.24, 2.45) is 16.2 Å². The summed E-state index contributed by atoms with van der Waals surface area (Å²) in [6, 6.07) is 17.4. The van der Waals surface area contributed by atoms with E-state index in [-0.39, 0.29) is 35.7 Å². The summed E-state index contributed by atoms with van der Waals surface area (Å²) in [7, 11) is -11.0. The van der Waals surface area contributed by atoms with Crippen LogP contribution in [0.15, 0.2) is 98.6 Å². The second kappa shape index (κ2) is 19.4. The lowest BCUT2D eigenvalue weighted by Crippen LogP contribution is -2.69. The lowest BCUT2D eigenvalue weighted by atomic mass is 9.32. The van der Waals surface area contributed by atoms with Crippen molar-refractivity contribution >= 4 is 48.9 Å². The molecule has 2 N–H and O–H groups in total. The van der Waals surface area contributed by atoms with Gasteiger partial charge in [-0.1, -0.05) is 43.2 Å². The van der Waals surface area contributed by atoms with E-state index in [1.807, 2.05) is 35.1 Å². The number of hydrogen-bond donors (Lipinski definition) is 2. The number of morpholine rings is 1. The molecule has 0 radical (unpaired) electrons. The SMILES string of the molecule is CC1(C)CCC(C23CC(C(F)(F)F)(C2)C3)=C(CN2CCN(c3ccc(C(=O)NS(=O)(=O)c4ccc(N[C@H](CCCN5CCOCC5)CSc5ccccc5)c(S(=O)(=O)C(F)(F)F)c4)cc3)CC2)C1. The van der Waals surface area contributed by atoms with Crippen LogP contribution < -0.4 is 14.9 Å². The summed E-state index contributed by atoms with van der Waals surface area (Å²) in [6.45, 7) is 11.2. The second-order valence-electron chi connectivity index (χ2n) is 19.9. The van der Waals surface area contributed by atoms with E-state index in [1.165, 1.54) is 35.0 Å². The van der Waals surface area contributed by atoms with Gasteiger partial charge in [0, 0.05) is 73.8 Å². The van der Waals surface area contributed by atoms with Crippen molar-refractivity contribution in [2.45, 2.75) is 97.6 Å². The van der Waals surface area contributed by atoms with E-state index in [9.17, 15) is 48.0 Å². The maximum atomic E-state index is 14.2. The standard InChI is InChI=1S/C48H59F6N5O6S3/c1-44(2)17-16-40(45-31-46(32-45,33-45)47(49,50)51)35(28-44)29-58-19-21-59(22-20-58)37-12-10-34(11-13-37)43(60)56-68(63,64)39-14-15-41(42(27-39)67(61,62)48(52,53)54)55-36(30-66-38-8-4-3-5-9-38)7-6-18-57-23-25-65-26-24-57/h3-5,8-15,27,36,55H,6-7,16-26,28-33H2,1-2H3,(H,56,60)/t36-,45?,46?/m1/s1. The Bertz CT molecular complexity index is 2540. The lowest BCUT2D eigenvalue weighted by Gasteiger charge is -2.72. The highest BCUT2D eigenvalue weighted by molar-refractivity contribution is 7.99. The number of carbonyl (C=O) groups excluding carboxylic acids is 1. The largest absolute Gasteiger partial charge is 0.501 e. The second-order valence-corrected chi connectivity index (χ2v) is 24.6. The summed E-state index contributed by atoms with van der Waals surface area (Å²) in [6.07, 6.45) is 0.257. The number of halogens is 6. The van der Waals surface area contributed by atoms with E-state index in [2.05, 4.69) is 33.9 Å². The third-order valence-corrected chi connectivity index (χ3v) is 18.5. The molecule has 3 aromatic rings. The van der Waals surface area contributed by atoms with Crippen LogP contribution in [0.4, 0.5) is 37.7 Å². The monoisotopic (exact) mass is 1010 g/mol. The van der Waals surface area contributed by atoms with Crippen LogP contribution >= 0.6 is 11.8 Å². The van der Waals surface area contributed by atoms with Gasteiger partial charge in [-0.25, -0.2) is 21.6 Å². The number of anilines is 2. The maximum Gasteiger partial charge on any atom is 0.501 e. The molecule has 0 spiro atoms. The summed E-state index contributed by atoms with van der Waals surface area (Å²) >= 11 is 1.44. The number of carbonyl (C=O) groups is 1. The summed E-state index contributed by atoms with van der Waals surface area (Å²) < 4.78 is 144. The summed E-state index contributed by atoms with van der Waals surface area (Å²) in [5.74, 6) is -0.701. The fourth-order valence-electron chi connectivity index (χ4n) is 10.8. The van der Waals surface area contributed by atoms with E-state index in [1.54, 1.807) is 12.1 Å².